The lowest BCUT2D eigenvalue weighted by atomic mass is 10.1. The summed E-state index contributed by atoms with van der Waals surface area (Å²) in [6.45, 7) is 2.54. The van der Waals surface area contributed by atoms with E-state index >= 15 is 0 Å². The van der Waals surface area contributed by atoms with E-state index in [4.69, 9.17) is 0 Å². The molecule has 1 aliphatic rings. The van der Waals surface area contributed by atoms with Crippen LogP contribution in [-0.4, -0.2) is 28.2 Å². The Hall–Kier alpha value is -2.36. The Morgan fingerprint density at radius 2 is 2.00 bits per heavy atom. The van der Waals surface area contributed by atoms with Gasteiger partial charge in [-0.3, -0.25) is 14.5 Å². The molecule has 0 atom stereocenters. The minimum Gasteiger partial charge on any atom is -0.361 e. The predicted molar refractivity (Wildman–Crippen MR) is 77.9 cm³/mol. The summed E-state index contributed by atoms with van der Waals surface area (Å²) in [6.07, 6.45) is 5.05. The summed E-state index contributed by atoms with van der Waals surface area (Å²) < 4.78 is 0. The first-order valence-corrected chi connectivity index (χ1v) is 6.86. The molecule has 20 heavy (non-hydrogen) atoms. The van der Waals surface area contributed by atoms with Gasteiger partial charge in [-0.05, 0) is 12.5 Å². The first-order valence-electron chi connectivity index (χ1n) is 6.86. The molecule has 4 heteroatoms. The number of H-pyrrole nitrogens is 1. The molecule has 0 radical (unpaired) electrons. The van der Waals surface area contributed by atoms with Crippen LogP contribution in [0.25, 0.3) is 16.5 Å². The maximum Gasteiger partial charge on any atom is 0.261 e. The van der Waals surface area contributed by atoms with Crippen molar-refractivity contribution in [2.45, 2.75) is 19.8 Å². The molecule has 1 aromatic carbocycles. The largest absolute Gasteiger partial charge is 0.361 e. The van der Waals surface area contributed by atoms with Crippen LogP contribution in [0, 0.1) is 0 Å². The maximum atomic E-state index is 12.4. The number of hydrogen-bond donors (Lipinski definition) is 1. The van der Waals surface area contributed by atoms with Gasteiger partial charge in [0.1, 0.15) is 0 Å². The summed E-state index contributed by atoms with van der Waals surface area (Å²) in [6, 6.07) is 7.77. The highest BCUT2D eigenvalue weighted by atomic mass is 16.2. The molecule has 0 unspecified atom stereocenters. The van der Waals surface area contributed by atoms with E-state index in [1.54, 1.807) is 6.20 Å². The lowest BCUT2D eigenvalue weighted by molar-refractivity contribution is -0.136. The summed E-state index contributed by atoms with van der Waals surface area (Å²) in [5.41, 5.74) is 2.26. The smallest absolute Gasteiger partial charge is 0.261 e. The molecular formula is C16H16N2O2. The molecule has 3 rings (SSSR count). The van der Waals surface area contributed by atoms with Crippen LogP contribution in [0.2, 0.25) is 0 Å². The fourth-order valence-electron chi connectivity index (χ4n) is 2.52. The van der Waals surface area contributed by atoms with E-state index in [2.05, 4.69) is 4.98 Å². The average Bonchev–Trinajstić information content (AvgIpc) is 2.99. The van der Waals surface area contributed by atoms with Crippen LogP contribution in [0.1, 0.15) is 25.3 Å². The first kappa shape index (κ1) is 12.7. The van der Waals surface area contributed by atoms with Crippen molar-refractivity contribution in [1.29, 1.82) is 0 Å². The number of nitrogens with zero attached hydrogens (tertiary/aromatic N) is 1. The van der Waals surface area contributed by atoms with Crippen molar-refractivity contribution in [1.82, 2.24) is 9.88 Å². The Morgan fingerprint density at radius 3 is 2.80 bits per heavy atom. The number of nitrogens with one attached hydrogen (secondary N) is 1. The van der Waals surface area contributed by atoms with Gasteiger partial charge in [-0.1, -0.05) is 31.5 Å². The second kappa shape index (κ2) is 4.96. The van der Waals surface area contributed by atoms with Crippen molar-refractivity contribution in [3.05, 3.63) is 42.1 Å². The molecular weight excluding hydrogens is 252 g/mol. The van der Waals surface area contributed by atoms with Gasteiger partial charge in [0.15, 0.2) is 0 Å². The zero-order valence-corrected chi connectivity index (χ0v) is 11.3. The SMILES string of the molecule is CCCCN1C(=O)C=C(c2c[nH]c3ccccc23)C1=O. The van der Waals surface area contributed by atoms with Gasteiger partial charge >= 0.3 is 0 Å². The summed E-state index contributed by atoms with van der Waals surface area (Å²) in [4.78, 5) is 28.8. The van der Waals surface area contributed by atoms with Gasteiger partial charge in [-0.2, -0.15) is 0 Å². The van der Waals surface area contributed by atoms with Crippen LogP contribution in [-0.2, 0) is 9.59 Å². The molecule has 0 aliphatic carbocycles. The highest BCUT2D eigenvalue weighted by Crippen LogP contribution is 2.29. The van der Waals surface area contributed by atoms with Crippen LogP contribution < -0.4 is 0 Å². The number of carbonyl (C=O) groups is 2. The number of imide groups is 1. The number of fused-ring (bicyclic) bond motifs is 1. The molecule has 2 aromatic rings. The molecule has 0 spiro atoms. The zero-order chi connectivity index (χ0) is 14.1. The number of hydrogen-bond acceptors (Lipinski definition) is 2. The van der Waals surface area contributed by atoms with Gasteiger partial charge in [0.25, 0.3) is 11.8 Å². The summed E-state index contributed by atoms with van der Waals surface area (Å²) >= 11 is 0. The maximum absolute atomic E-state index is 12.4. The molecule has 0 fully saturated rings. The van der Waals surface area contributed by atoms with E-state index in [9.17, 15) is 9.59 Å². The molecule has 1 N–H and O–H groups in total. The monoisotopic (exact) mass is 268 g/mol. The lowest BCUT2D eigenvalue weighted by Gasteiger charge is -2.13. The molecule has 1 aliphatic heterocycles. The predicted octanol–water partition coefficient (Wildman–Crippen LogP) is 2.72. The van der Waals surface area contributed by atoms with Crippen molar-refractivity contribution in [3.8, 4) is 0 Å². The van der Waals surface area contributed by atoms with Crippen molar-refractivity contribution >= 4 is 28.3 Å². The first-order chi connectivity index (χ1) is 9.72. The molecule has 4 nitrogen and oxygen atoms in total. The Kier molecular flexibility index (Phi) is 3.14. The average molecular weight is 268 g/mol. The third kappa shape index (κ3) is 1.93. The number of para-hydroxylation sites is 1. The number of benzene rings is 1. The summed E-state index contributed by atoms with van der Waals surface area (Å²) in [5, 5.41) is 0.970. The van der Waals surface area contributed by atoms with Crippen molar-refractivity contribution in [3.63, 3.8) is 0 Å². The number of rotatable bonds is 4. The van der Waals surface area contributed by atoms with E-state index in [0.717, 1.165) is 29.3 Å². The molecule has 0 bridgehead atoms. The number of aromatic amines is 1. The number of carbonyl (C=O) groups excluding carboxylic acids is 2. The van der Waals surface area contributed by atoms with Gasteiger partial charge in [0, 0.05) is 35.3 Å². The van der Waals surface area contributed by atoms with Gasteiger partial charge in [0.2, 0.25) is 0 Å². The van der Waals surface area contributed by atoms with Crippen LogP contribution >= 0.6 is 0 Å². The second-order valence-corrected chi connectivity index (χ2v) is 4.95. The zero-order valence-electron chi connectivity index (χ0n) is 11.3. The number of unbranched alkanes of at least 4 members (excludes halogenated alkanes) is 1. The van der Waals surface area contributed by atoms with Crippen molar-refractivity contribution in [2.24, 2.45) is 0 Å². The van der Waals surface area contributed by atoms with E-state index in [1.807, 2.05) is 31.2 Å². The fraction of sp³-hybridized carbons (Fsp3) is 0.250. The van der Waals surface area contributed by atoms with E-state index in [0.29, 0.717) is 12.1 Å². The van der Waals surface area contributed by atoms with E-state index in [1.165, 1.54) is 11.0 Å². The molecule has 1 aromatic heterocycles. The van der Waals surface area contributed by atoms with Crippen molar-refractivity contribution in [2.75, 3.05) is 6.54 Å². The van der Waals surface area contributed by atoms with Crippen LogP contribution in [0.4, 0.5) is 0 Å². The molecule has 0 saturated carbocycles. The van der Waals surface area contributed by atoms with Gasteiger partial charge < -0.3 is 4.98 Å². The normalized spacial score (nSPS) is 15.2. The molecule has 102 valence electrons. The molecule has 0 saturated heterocycles. The highest BCUT2D eigenvalue weighted by Gasteiger charge is 2.32. The van der Waals surface area contributed by atoms with Crippen molar-refractivity contribution < 1.29 is 9.59 Å². The Morgan fingerprint density at radius 1 is 1.20 bits per heavy atom. The number of amides is 2. The quantitative estimate of drug-likeness (QED) is 0.867. The fourth-order valence-corrected chi connectivity index (χ4v) is 2.52. The summed E-state index contributed by atoms with van der Waals surface area (Å²) in [7, 11) is 0. The molecule has 2 amide bonds. The van der Waals surface area contributed by atoms with Gasteiger partial charge in [0.05, 0.1) is 5.57 Å². The Labute approximate surface area is 117 Å². The second-order valence-electron chi connectivity index (χ2n) is 4.95. The Bertz CT molecular complexity index is 712. The molecule has 2 heterocycles. The minimum absolute atomic E-state index is 0.187. The topological polar surface area (TPSA) is 53.2 Å². The number of aromatic nitrogens is 1. The van der Waals surface area contributed by atoms with Crippen LogP contribution in [0.15, 0.2) is 36.5 Å². The minimum atomic E-state index is -0.205. The van der Waals surface area contributed by atoms with Crippen LogP contribution in [0.5, 0.6) is 0 Å². The highest BCUT2D eigenvalue weighted by molar-refractivity contribution is 6.35. The third-order valence-corrected chi connectivity index (χ3v) is 3.62. The summed E-state index contributed by atoms with van der Waals surface area (Å²) in [5.74, 6) is -0.392. The standard InChI is InChI=1S/C16H16N2O2/c1-2-3-8-18-15(19)9-12(16(18)20)13-10-17-14-7-5-4-6-11(13)14/h4-7,9-10,17H,2-3,8H2,1H3. The van der Waals surface area contributed by atoms with E-state index < -0.39 is 0 Å². The van der Waals surface area contributed by atoms with Gasteiger partial charge in [-0.15, -0.1) is 0 Å². The van der Waals surface area contributed by atoms with E-state index in [-0.39, 0.29) is 11.8 Å². The van der Waals surface area contributed by atoms with Gasteiger partial charge in [-0.25, -0.2) is 0 Å². The Balaban J connectivity index is 1.97. The lowest BCUT2D eigenvalue weighted by Crippen LogP contribution is -2.31. The third-order valence-electron chi connectivity index (χ3n) is 3.62. The van der Waals surface area contributed by atoms with Crippen LogP contribution in [0.3, 0.4) is 0 Å².